The number of thioether (sulfide) groups is 1. The van der Waals surface area contributed by atoms with Crippen LogP contribution in [-0.2, 0) is 16.1 Å². The molecule has 0 radical (unpaired) electrons. The van der Waals surface area contributed by atoms with Crippen molar-refractivity contribution in [3.8, 4) is 11.3 Å². The summed E-state index contributed by atoms with van der Waals surface area (Å²) in [5.74, 6) is 0.203. The Morgan fingerprint density at radius 1 is 1.22 bits per heavy atom. The van der Waals surface area contributed by atoms with Gasteiger partial charge in [0.2, 0.25) is 5.91 Å². The topological polar surface area (TPSA) is 81.4 Å². The third kappa shape index (κ3) is 3.99. The van der Waals surface area contributed by atoms with Gasteiger partial charge in [-0.25, -0.2) is 4.79 Å². The SMILES string of the molecule is O=C1CSc2ccc(C(=O)OCc3cc(-c4ccc(Cl)cc4)no3)cc2N1. The minimum atomic E-state index is -0.507. The molecule has 8 heteroatoms. The Balaban J connectivity index is 1.42. The van der Waals surface area contributed by atoms with Crippen LogP contribution in [0.5, 0.6) is 0 Å². The number of benzene rings is 2. The van der Waals surface area contributed by atoms with Crippen molar-refractivity contribution in [3.63, 3.8) is 0 Å². The Kier molecular flexibility index (Phi) is 4.87. The third-order valence-electron chi connectivity index (χ3n) is 3.89. The fraction of sp³-hybridized carbons (Fsp3) is 0.105. The van der Waals surface area contributed by atoms with E-state index in [2.05, 4.69) is 10.5 Å². The number of nitrogens with one attached hydrogen (secondary N) is 1. The molecule has 2 aromatic carbocycles. The van der Waals surface area contributed by atoms with Gasteiger partial charge in [-0.1, -0.05) is 28.9 Å². The van der Waals surface area contributed by atoms with Crippen LogP contribution < -0.4 is 5.32 Å². The molecule has 1 aromatic heterocycles. The number of fused-ring (bicyclic) bond motifs is 1. The van der Waals surface area contributed by atoms with Gasteiger partial charge in [-0.05, 0) is 30.3 Å². The lowest BCUT2D eigenvalue weighted by Gasteiger charge is -2.16. The van der Waals surface area contributed by atoms with Crippen LogP contribution in [0.4, 0.5) is 5.69 Å². The molecule has 27 heavy (non-hydrogen) atoms. The van der Waals surface area contributed by atoms with Crippen molar-refractivity contribution in [1.29, 1.82) is 0 Å². The predicted octanol–water partition coefficient (Wildman–Crippen LogP) is 4.40. The number of aromatic nitrogens is 1. The Hall–Kier alpha value is -2.77. The molecule has 0 saturated heterocycles. The molecule has 0 fully saturated rings. The molecule has 1 aliphatic heterocycles. The summed E-state index contributed by atoms with van der Waals surface area (Å²) in [6.45, 7) is -0.0440. The number of halogens is 1. The highest BCUT2D eigenvalue weighted by Gasteiger charge is 2.18. The number of rotatable bonds is 4. The lowest BCUT2D eigenvalue weighted by atomic mass is 10.1. The molecule has 1 N–H and O–H groups in total. The predicted molar refractivity (Wildman–Crippen MR) is 102 cm³/mol. The molecule has 0 aliphatic carbocycles. The molecule has 0 unspecified atom stereocenters. The molecule has 2 heterocycles. The second kappa shape index (κ2) is 7.46. The van der Waals surface area contributed by atoms with Crippen LogP contribution in [0.25, 0.3) is 11.3 Å². The number of ether oxygens (including phenoxy) is 1. The number of amides is 1. The van der Waals surface area contributed by atoms with Gasteiger partial charge in [0, 0.05) is 21.5 Å². The summed E-state index contributed by atoms with van der Waals surface area (Å²) in [5.41, 5.74) is 2.46. The number of carbonyl (C=O) groups excluding carboxylic acids is 2. The van der Waals surface area contributed by atoms with Gasteiger partial charge >= 0.3 is 5.97 Å². The van der Waals surface area contributed by atoms with E-state index in [9.17, 15) is 9.59 Å². The maximum Gasteiger partial charge on any atom is 0.338 e. The Labute approximate surface area is 163 Å². The first-order valence-corrected chi connectivity index (χ1v) is 9.40. The zero-order valence-electron chi connectivity index (χ0n) is 13.9. The largest absolute Gasteiger partial charge is 0.454 e. The van der Waals surface area contributed by atoms with E-state index in [1.54, 1.807) is 36.4 Å². The first-order chi connectivity index (χ1) is 13.1. The van der Waals surface area contributed by atoms with Gasteiger partial charge in [0.15, 0.2) is 12.4 Å². The smallest absolute Gasteiger partial charge is 0.338 e. The molecule has 0 bridgehead atoms. The average Bonchev–Trinajstić information content (AvgIpc) is 3.15. The summed E-state index contributed by atoms with van der Waals surface area (Å²) in [6.07, 6.45) is 0. The zero-order valence-corrected chi connectivity index (χ0v) is 15.5. The monoisotopic (exact) mass is 400 g/mol. The van der Waals surface area contributed by atoms with Crippen molar-refractivity contribution in [1.82, 2.24) is 5.16 Å². The number of hydrogen-bond donors (Lipinski definition) is 1. The minimum Gasteiger partial charge on any atom is -0.454 e. The fourth-order valence-corrected chi connectivity index (χ4v) is 3.48. The van der Waals surface area contributed by atoms with E-state index in [-0.39, 0.29) is 12.5 Å². The van der Waals surface area contributed by atoms with Crippen molar-refractivity contribution in [2.45, 2.75) is 11.5 Å². The van der Waals surface area contributed by atoms with E-state index in [4.69, 9.17) is 20.9 Å². The van der Waals surface area contributed by atoms with Crippen LogP contribution in [0.3, 0.4) is 0 Å². The molecule has 0 spiro atoms. The second-order valence-corrected chi connectivity index (χ2v) is 7.26. The van der Waals surface area contributed by atoms with Gasteiger partial charge in [0.05, 0.1) is 17.0 Å². The maximum atomic E-state index is 12.3. The molecule has 4 rings (SSSR count). The third-order valence-corrected chi connectivity index (χ3v) is 5.22. The normalized spacial score (nSPS) is 13.0. The molecule has 136 valence electrons. The number of nitrogens with zero attached hydrogens (tertiary/aromatic N) is 1. The van der Waals surface area contributed by atoms with Crippen molar-refractivity contribution < 1.29 is 18.8 Å². The van der Waals surface area contributed by atoms with E-state index in [0.717, 1.165) is 10.5 Å². The Morgan fingerprint density at radius 3 is 2.85 bits per heavy atom. The van der Waals surface area contributed by atoms with Gasteiger partial charge in [-0.2, -0.15) is 0 Å². The van der Waals surface area contributed by atoms with E-state index in [1.165, 1.54) is 11.8 Å². The highest BCUT2D eigenvalue weighted by atomic mass is 35.5. The summed E-state index contributed by atoms with van der Waals surface area (Å²) in [6, 6.07) is 14.0. The number of anilines is 1. The van der Waals surface area contributed by atoms with Crippen LogP contribution in [0.15, 0.2) is 57.9 Å². The molecule has 0 atom stereocenters. The maximum absolute atomic E-state index is 12.3. The molecular formula is C19H13ClN2O4S. The molecular weight excluding hydrogens is 388 g/mol. The van der Waals surface area contributed by atoms with Gasteiger partial charge in [0.1, 0.15) is 5.69 Å². The summed E-state index contributed by atoms with van der Waals surface area (Å²) in [4.78, 5) is 24.7. The van der Waals surface area contributed by atoms with Gasteiger partial charge in [0.25, 0.3) is 0 Å². The fourth-order valence-electron chi connectivity index (χ4n) is 2.57. The zero-order chi connectivity index (χ0) is 18.8. The van der Waals surface area contributed by atoms with Crippen molar-refractivity contribution in [2.75, 3.05) is 11.1 Å². The van der Waals surface area contributed by atoms with Gasteiger partial charge < -0.3 is 14.6 Å². The lowest BCUT2D eigenvalue weighted by Crippen LogP contribution is -2.19. The van der Waals surface area contributed by atoms with Crippen LogP contribution in [0.1, 0.15) is 16.1 Å². The van der Waals surface area contributed by atoms with Crippen molar-refractivity contribution in [2.24, 2.45) is 0 Å². The molecule has 1 amide bonds. The second-order valence-electron chi connectivity index (χ2n) is 5.81. The molecule has 1 aliphatic rings. The molecule has 6 nitrogen and oxygen atoms in total. The highest BCUT2D eigenvalue weighted by molar-refractivity contribution is 8.00. The first kappa shape index (κ1) is 17.6. The van der Waals surface area contributed by atoms with Gasteiger partial charge in [-0.15, -0.1) is 11.8 Å². The summed E-state index contributed by atoms with van der Waals surface area (Å²) in [5, 5.41) is 7.36. The van der Waals surface area contributed by atoms with Crippen molar-refractivity contribution >= 4 is 40.9 Å². The van der Waals surface area contributed by atoms with Crippen LogP contribution in [-0.4, -0.2) is 22.8 Å². The number of hydrogen-bond acceptors (Lipinski definition) is 6. The standard InChI is InChI=1S/C19H13ClN2O4S/c20-13-4-1-11(2-5-13)15-8-14(26-22-15)9-25-19(24)12-3-6-17-16(7-12)21-18(23)10-27-17/h1-8H,9-10H2,(H,21,23). The lowest BCUT2D eigenvalue weighted by molar-refractivity contribution is -0.113. The minimum absolute atomic E-state index is 0.0440. The Morgan fingerprint density at radius 2 is 2.04 bits per heavy atom. The van der Waals surface area contributed by atoms with E-state index < -0.39 is 5.97 Å². The van der Waals surface area contributed by atoms with Crippen LogP contribution >= 0.6 is 23.4 Å². The van der Waals surface area contributed by atoms with Crippen LogP contribution in [0, 0.1) is 0 Å². The number of esters is 1. The Bertz CT molecular complexity index is 1020. The van der Waals surface area contributed by atoms with E-state index in [1.807, 2.05) is 12.1 Å². The van der Waals surface area contributed by atoms with Crippen LogP contribution in [0.2, 0.25) is 5.02 Å². The number of carbonyl (C=O) groups is 2. The van der Waals surface area contributed by atoms with Gasteiger partial charge in [-0.3, -0.25) is 4.79 Å². The average molecular weight is 401 g/mol. The highest BCUT2D eigenvalue weighted by Crippen LogP contribution is 2.32. The first-order valence-electron chi connectivity index (χ1n) is 8.04. The van der Waals surface area contributed by atoms with E-state index in [0.29, 0.717) is 33.5 Å². The summed E-state index contributed by atoms with van der Waals surface area (Å²) >= 11 is 7.31. The van der Waals surface area contributed by atoms with Crippen molar-refractivity contribution in [3.05, 3.63) is 64.9 Å². The summed E-state index contributed by atoms with van der Waals surface area (Å²) in [7, 11) is 0. The molecule has 3 aromatic rings. The summed E-state index contributed by atoms with van der Waals surface area (Å²) < 4.78 is 10.5. The van der Waals surface area contributed by atoms with E-state index >= 15 is 0 Å². The quantitative estimate of drug-likeness (QED) is 0.654. The molecule has 0 saturated carbocycles.